The van der Waals surface area contributed by atoms with Crippen LogP contribution < -0.4 is 14.8 Å². The quantitative estimate of drug-likeness (QED) is 0.274. The molecule has 1 heterocycles. The highest BCUT2D eigenvalue weighted by Crippen LogP contribution is 2.29. The minimum Gasteiger partial charge on any atom is -0.490 e. The van der Waals surface area contributed by atoms with Gasteiger partial charge in [0, 0.05) is 11.9 Å². The van der Waals surface area contributed by atoms with Crippen molar-refractivity contribution >= 4 is 23.2 Å². The number of amides is 1. The molecule has 0 aliphatic carbocycles. The van der Waals surface area contributed by atoms with Gasteiger partial charge in [-0.25, -0.2) is 9.78 Å². The number of hydrogen-bond donors (Lipinski definition) is 1. The average molecular weight is 483 g/mol. The highest BCUT2D eigenvalue weighted by molar-refractivity contribution is 7.09. The first-order valence-corrected chi connectivity index (χ1v) is 12.3. The van der Waals surface area contributed by atoms with Crippen LogP contribution in [0.15, 0.2) is 53.9 Å². The first kappa shape index (κ1) is 25.2. The molecular formula is C26H30N2O5S. The van der Waals surface area contributed by atoms with Gasteiger partial charge in [-0.3, -0.25) is 4.79 Å². The second-order valence-electron chi connectivity index (χ2n) is 7.54. The molecule has 0 saturated heterocycles. The Bertz CT molecular complexity index is 1070. The van der Waals surface area contributed by atoms with Gasteiger partial charge in [0.05, 0.1) is 30.9 Å². The lowest BCUT2D eigenvalue weighted by atomic mass is 10.2. The van der Waals surface area contributed by atoms with Crippen LogP contribution in [0.25, 0.3) is 0 Å². The van der Waals surface area contributed by atoms with Gasteiger partial charge in [0.1, 0.15) is 11.6 Å². The van der Waals surface area contributed by atoms with Crippen molar-refractivity contribution in [3.63, 3.8) is 0 Å². The number of carbonyl (C=O) groups excluding carboxylic acids is 2. The summed E-state index contributed by atoms with van der Waals surface area (Å²) in [4.78, 5) is 29.1. The van der Waals surface area contributed by atoms with Crippen LogP contribution in [0.5, 0.6) is 11.5 Å². The fraction of sp³-hybridized carbons (Fsp3) is 0.346. The van der Waals surface area contributed by atoms with E-state index in [-0.39, 0.29) is 18.9 Å². The highest BCUT2D eigenvalue weighted by Gasteiger charge is 2.14. The normalized spacial score (nSPS) is 10.5. The average Bonchev–Trinajstić information content (AvgIpc) is 3.30. The monoisotopic (exact) mass is 482 g/mol. The van der Waals surface area contributed by atoms with Crippen molar-refractivity contribution in [3.05, 3.63) is 75.7 Å². The van der Waals surface area contributed by atoms with E-state index in [1.165, 1.54) is 11.3 Å². The maximum Gasteiger partial charge on any atom is 0.338 e. The Labute approximate surface area is 204 Å². The van der Waals surface area contributed by atoms with Crippen molar-refractivity contribution in [1.82, 2.24) is 10.3 Å². The maximum absolute atomic E-state index is 12.5. The minimum atomic E-state index is -0.476. The lowest BCUT2D eigenvalue weighted by Crippen LogP contribution is -2.24. The van der Waals surface area contributed by atoms with E-state index in [0.717, 1.165) is 18.4 Å². The van der Waals surface area contributed by atoms with Crippen LogP contribution in [0.2, 0.25) is 0 Å². The fourth-order valence-corrected chi connectivity index (χ4v) is 3.84. The molecule has 0 radical (unpaired) electrons. The van der Waals surface area contributed by atoms with E-state index in [9.17, 15) is 9.59 Å². The number of rotatable bonds is 13. The lowest BCUT2D eigenvalue weighted by molar-refractivity contribution is -0.120. The van der Waals surface area contributed by atoms with Gasteiger partial charge in [-0.05, 0) is 37.1 Å². The Hall–Kier alpha value is -3.39. The molecule has 0 aliphatic heterocycles. The van der Waals surface area contributed by atoms with E-state index in [1.54, 1.807) is 23.6 Å². The van der Waals surface area contributed by atoms with Gasteiger partial charge in [0.25, 0.3) is 0 Å². The van der Waals surface area contributed by atoms with E-state index < -0.39 is 5.97 Å². The summed E-state index contributed by atoms with van der Waals surface area (Å²) in [6.07, 6.45) is 2.16. The zero-order chi connectivity index (χ0) is 24.2. The molecule has 0 fully saturated rings. The van der Waals surface area contributed by atoms with Gasteiger partial charge in [-0.2, -0.15) is 0 Å². The summed E-state index contributed by atoms with van der Waals surface area (Å²) >= 11 is 1.37. The van der Waals surface area contributed by atoms with Crippen LogP contribution in [-0.2, 0) is 29.1 Å². The summed E-state index contributed by atoms with van der Waals surface area (Å²) in [6, 6.07) is 14.7. The number of ether oxygens (including phenoxy) is 3. The number of unbranched alkanes of at least 4 members (excludes halogenated alkanes) is 1. The van der Waals surface area contributed by atoms with Crippen molar-refractivity contribution < 1.29 is 23.8 Å². The molecule has 3 aromatic rings. The molecule has 0 unspecified atom stereocenters. The predicted octanol–water partition coefficient (Wildman–Crippen LogP) is 4.94. The number of esters is 1. The van der Waals surface area contributed by atoms with Crippen molar-refractivity contribution in [2.24, 2.45) is 0 Å². The Kier molecular flexibility index (Phi) is 9.91. The van der Waals surface area contributed by atoms with E-state index in [0.29, 0.717) is 47.5 Å². The topological polar surface area (TPSA) is 86.8 Å². The molecule has 0 atom stereocenters. The number of thiazole rings is 1. The first-order valence-electron chi connectivity index (χ1n) is 11.4. The van der Waals surface area contributed by atoms with Gasteiger partial charge in [0.2, 0.25) is 5.91 Å². The van der Waals surface area contributed by atoms with Gasteiger partial charge in [0.15, 0.2) is 11.5 Å². The number of benzene rings is 2. The molecule has 0 spiro atoms. The zero-order valence-corrected chi connectivity index (χ0v) is 20.4. The highest BCUT2D eigenvalue weighted by atomic mass is 32.1. The predicted molar refractivity (Wildman–Crippen MR) is 131 cm³/mol. The second kappa shape index (κ2) is 13.3. The summed E-state index contributed by atoms with van der Waals surface area (Å²) in [5.41, 5.74) is 2.02. The number of aromatic nitrogens is 1. The number of hydrogen-bond acceptors (Lipinski definition) is 7. The molecule has 1 aromatic heterocycles. The Morgan fingerprint density at radius 2 is 1.85 bits per heavy atom. The molecular weight excluding hydrogens is 452 g/mol. The molecule has 34 heavy (non-hydrogen) atoms. The van der Waals surface area contributed by atoms with Crippen LogP contribution in [0.3, 0.4) is 0 Å². The molecule has 0 bridgehead atoms. The first-order chi connectivity index (χ1) is 16.6. The Morgan fingerprint density at radius 1 is 1.03 bits per heavy atom. The van der Waals surface area contributed by atoms with Crippen LogP contribution >= 0.6 is 11.3 Å². The van der Waals surface area contributed by atoms with Crippen molar-refractivity contribution in [2.75, 3.05) is 13.2 Å². The standard InChI is InChI=1S/C26H30N2O5S/c1-3-5-13-32-22-12-11-20(14-23(22)31-4-2)26(30)33-17-21-18-34-25(28-21)15-24(29)27-16-19-9-7-6-8-10-19/h6-12,14,18H,3-5,13,15-17H2,1-2H3,(H,27,29). The number of nitrogens with zero attached hydrogens (tertiary/aromatic N) is 1. The Balaban J connectivity index is 1.50. The molecule has 7 nitrogen and oxygen atoms in total. The summed E-state index contributed by atoms with van der Waals surface area (Å²) in [5, 5.41) is 5.35. The summed E-state index contributed by atoms with van der Waals surface area (Å²) < 4.78 is 16.8. The van der Waals surface area contributed by atoms with Gasteiger partial charge in [-0.1, -0.05) is 43.7 Å². The molecule has 1 amide bonds. The SMILES string of the molecule is CCCCOc1ccc(C(=O)OCc2csc(CC(=O)NCc3ccccc3)n2)cc1OCC. The Morgan fingerprint density at radius 3 is 2.62 bits per heavy atom. The third kappa shape index (κ3) is 7.88. The maximum atomic E-state index is 12.5. The zero-order valence-electron chi connectivity index (χ0n) is 19.5. The largest absolute Gasteiger partial charge is 0.490 e. The molecule has 8 heteroatoms. The molecule has 0 aliphatic rings. The molecule has 2 aromatic carbocycles. The van der Waals surface area contributed by atoms with Crippen molar-refractivity contribution in [1.29, 1.82) is 0 Å². The molecule has 1 N–H and O–H groups in total. The fourth-order valence-electron chi connectivity index (χ4n) is 3.06. The van der Waals surface area contributed by atoms with E-state index in [1.807, 2.05) is 37.3 Å². The summed E-state index contributed by atoms with van der Waals surface area (Å²) in [7, 11) is 0. The van der Waals surface area contributed by atoms with Crippen LogP contribution in [0.1, 0.15) is 53.3 Å². The number of nitrogens with one attached hydrogen (secondary N) is 1. The minimum absolute atomic E-state index is 0.0275. The van der Waals surface area contributed by atoms with E-state index in [4.69, 9.17) is 14.2 Å². The van der Waals surface area contributed by atoms with Crippen LogP contribution in [0, 0.1) is 0 Å². The smallest absolute Gasteiger partial charge is 0.338 e. The van der Waals surface area contributed by atoms with Crippen molar-refractivity contribution in [3.8, 4) is 11.5 Å². The molecule has 3 rings (SSSR count). The van der Waals surface area contributed by atoms with E-state index in [2.05, 4.69) is 17.2 Å². The summed E-state index contributed by atoms with van der Waals surface area (Å²) in [6.45, 7) is 5.53. The van der Waals surface area contributed by atoms with Crippen molar-refractivity contribution in [2.45, 2.75) is 46.3 Å². The third-order valence-corrected chi connectivity index (χ3v) is 5.73. The molecule has 0 saturated carbocycles. The second-order valence-corrected chi connectivity index (χ2v) is 8.49. The van der Waals surface area contributed by atoms with E-state index >= 15 is 0 Å². The molecule has 180 valence electrons. The van der Waals surface area contributed by atoms with Gasteiger partial charge < -0.3 is 19.5 Å². The summed E-state index contributed by atoms with van der Waals surface area (Å²) in [5.74, 6) is 0.551. The lowest BCUT2D eigenvalue weighted by Gasteiger charge is -2.13. The van der Waals surface area contributed by atoms with Gasteiger partial charge >= 0.3 is 5.97 Å². The van der Waals surface area contributed by atoms with Crippen LogP contribution in [0.4, 0.5) is 0 Å². The van der Waals surface area contributed by atoms with Gasteiger partial charge in [-0.15, -0.1) is 11.3 Å². The van der Waals surface area contributed by atoms with Crippen LogP contribution in [-0.4, -0.2) is 30.1 Å². The third-order valence-electron chi connectivity index (χ3n) is 4.83. The number of carbonyl (C=O) groups is 2.